The van der Waals surface area contributed by atoms with Crippen LogP contribution in [0.25, 0.3) is 0 Å². The summed E-state index contributed by atoms with van der Waals surface area (Å²) in [5, 5.41) is 3.32. The van der Waals surface area contributed by atoms with Crippen molar-refractivity contribution in [2.24, 2.45) is 0 Å². The van der Waals surface area contributed by atoms with E-state index in [9.17, 15) is 4.79 Å². The first kappa shape index (κ1) is 11.7. The average molecular weight is 194 g/mol. The third-order valence-corrected chi connectivity index (χ3v) is 2.11. The molecule has 0 aromatic heterocycles. The van der Waals surface area contributed by atoms with Crippen LogP contribution in [0.2, 0.25) is 0 Å². The van der Waals surface area contributed by atoms with Gasteiger partial charge in [0.25, 0.3) is 0 Å². The Labute approximate surface area is 79.3 Å². The quantitative estimate of drug-likeness (QED) is 0.668. The van der Waals surface area contributed by atoms with Gasteiger partial charge in [-0.1, -0.05) is 0 Å². The molecule has 2 unspecified atom stereocenters. The Bertz CT molecular complexity index is 152. The lowest BCUT2D eigenvalue weighted by Gasteiger charge is -2.08. The first-order valence-electron chi connectivity index (χ1n) is 4.05. The minimum atomic E-state index is -0.114. The van der Waals surface area contributed by atoms with Crippen molar-refractivity contribution < 1.29 is 9.53 Å². The molecule has 0 bridgehead atoms. The van der Waals surface area contributed by atoms with Crippen LogP contribution >= 0.6 is 12.4 Å². The van der Waals surface area contributed by atoms with Crippen LogP contribution in [0.3, 0.4) is 0 Å². The second-order valence-electron chi connectivity index (χ2n) is 3.12. The molecule has 1 aliphatic heterocycles. The molecular weight excluding hydrogens is 178 g/mol. The molecule has 1 saturated heterocycles. The molecule has 1 N–H and O–H groups in total. The van der Waals surface area contributed by atoms with Gasteiger partial charge in [0.1, 0.15) is 0 Å². The predicted octanol–water partition coefficient (Wildman–Crippen LogP) is 1.11. The number of ether oxygens (including phenoxy) is 1. The minimum absolute atomic E-state index is 0. The molecule has 0 saturated carbocycles. The zero-order valence-electron chi connectivity index (χ0n) is 7.50. The topological polar surface area (TPSA) is 38.3 Å². The molecule has 0 radical (unpaired) electrons. The highest BCUT2D eigenvalue weighted by atomic mass is 35.5. The Kier molecular flexibility index (Phi) is 5.25. The van der Waals surface area contributed by atoms with Crippen molar-refractivity contribution in [3.05, 3.63) is 0 Å². The van der Waals surface area contributed by atoms with Crippen molar-refractivity contribution in [1.82, 2.24) is 5.32 Å². The van der Waals surface area contributed by atoms with E-state index in [1.54, 1.807) is 0 Å². The third-order valence-electron chi connectivity index (χ3n) is 2.11. The first-order valence-corrected chi connectivity index (χ1v) is 4.05. The predicted molar refractivity (Wildman–Crippen MR) is 49.5 cm³/mol. The summed E-state index contributed by atoms with van der Waals surface area (Å²) < 4.78 is 4.57. The fraction of sp³-hybridized carbons (Fsp3) is 0.875. The van der Waals surface area contributed by atoms with E-state index in [2.05, 4.69) is 17.0 Å². The van der Waals surface area contributed by atoms with E-state index in [1.165, 1.54) is 13.5 Å². The van der Waals surface area contributed by atoms with Crippen LogP contribution in [0.4, 0.5) is 0 Å². The Balaban J connectivity index is 0.00000121. The molecule has 0 spiro atoms. The number of halogens is 1. The summed E-state index contributed by atoms with van der Waals surface area (Å²) in [6.07, 6.45) is 2.78. The maximum Gasteiger partial charge on any atom is 0.307 e. The van der Waals surface area contributed by atoms with E-state index < -0.39 is 0 Å². The van der Waals surface area contributed by atoms with Crippen LogP contribution in [0.1, 0.15) is 26.2 Å². The first-order chi connectivity index (χ1) is 5.22. The summed E-state index contributed by atoms with van der Waals surface area (Å²) >= 11 is 0. The van der Waals surface area contributed by atoms with Crippen LogP contribution in [-0.4, -0.2) is 25.2 Å². The molecule has 0 aromatic rings. The van der Waals surface area contributed by atoms with Crippen molar-refractivity contribution in [2.75, 3.05) is 7.11 Å². The number of hydrogen-bond acceptors (Lipinski definition) is 3. The van der Waals surface area contributed by atoms with Gasteiger partial charge in [-0.05, 0) is 19.8 Å². The molecule has 2 atom stereocenters. The van der Waals surface area contributed by atoms with Gasteiger partial charge >= 0.3 is 5.97 Å². The van der Waals surface area contributed by atoms with Gasteiger partial charge in [-0.3, -0.25) is 4.79 Å². The number of hydrogen-bond donors (Lipinski definition) is 1. The molecule has 1 heterocycles. The van der Waals surface area contributed by atoms with Crippen LogP contribution in [-0.2, 0) is 9.53 Å². The lowest BCUT2D eigenvalue weighted by molar-refractivity contribution is -0.141. The fourth-order valence-corrected chi connectivity index (χ4v) is 1.47. The van der Waals surface area contributed by atoms with Crippen LogP contribution in [0, 0.1) is 0 Å². The van der Waals surface area contributed by atoms with Crippen molar-refractivity contribution in [3.63, 3.8) is 0 Å². The van der Waals surface area contributed by atoms with Crippen LogP contribution in [0.5, 0.6) is 0 Å². The summed E-state index contributed by atoms with van der Waals surface area (Å²) in [4.78, 5) is 10.8. The molecule has 1 aliphatic rings. The highest BCUT2D eigenvalue weighted by Gasteiger charge is 2.22. The molecule has 1 rings (SSSR count). The number of rotatable bonds is 2. The number of methoxy groups -OCH3 is 1. The standard InChI is InChI=1S/C8H15NO2.ClH/c1-6-3-4-7(9-6)5-8(10)11-2;/h6-7,9H,3-5H2,1-2H3;1H. The summed E-state index contributed by atoms with van der Waals surface area (Å²) in [5.41, 5.74) is 0. The number of carbonyl (C=O) groups is 1. The summed E-state index contributed by atoms with van der Waals surface area (Å²) in [6.45, 7) is 2.14. The number of carbonyl (C=O) groups excluding carboxylic acids is 1. The zero-order chi connectivity index (χ0) is 8.27. The highest BCUT2D eigenvalue weighted by Crippen LogP contribution is 2.14. The lowest BCUT2D eigenvalue weighted by atomic mass is 10.1. The monoisotopic (exact) mass is 193 g/mol. The van der Waals surface area contributed by atoms with Crippen molar-refractivity contribution >= 4 is 18.4 Å². The Morgan fingerprint density at radius 2 is 2.25 bits per heavy atom. The van der Waals surface area contributed by atoms with Gasteiger partial charge in [-0.15, -0.1) is 12.4 Å². The molecule has 0 aliphatic carbocycles. The van der Waals surface area contributed by atoms with E-state index in [0.717, 1.165) is 6.42 Å². The Morgan fingerprint density at radius 1 is 1.58 bits per heavy atom. The molecule has 0 amide bonds. The maximum atomic E-state index is 10.8. The van der Waals surface area contributed by atoms with Gasteiger partial charge in [0.2, 0.25) is 0 Å². The van der Waals surface area contributed by atoms with Gasteiger partial charge < -0.3 is 10.1 Å². The SMILES string of the molecule is COC(=O)CC1CCC(C)N1.Cl. The second kappa shape index (κ2) is 5.38. The number of esters is 1. The summed E-state index contributed by atoms with van der Waals surface area (Å²) in [5.74, 6) is -0.114. The van der Waals surface area contributed by atoms with E-state index in [1.807, 2.05) is 0 Å². The van der Waals surface area contributed by atoms with E-state index in [-0.39, 0.29) is 18.4 Å². The average Bonchev–Trinajstić information content (AvgIpc) is 2.35. The van der Waals surface area contributed by atoms with E-state index in [0.29, 0.717) is 18.5 Å². The van der Waals surface area contributed by atoms with Gasteiger partial charge in [-0.2, -0.15) is 0 Å². The molecular formula is C8H16ClNO2. The summed E-state index contributed by atoms with van der Waals surface area (Å²) in [7, 11) is 1.43. The molecule has 3 nitrogen and oxygen atoms in total. The fourth-order valence-electron chi connectivity index (χ4n) is 1.47. The van der Waals surface area contributed by atoms with Crippen molar-refractivity contribution in [2.45, 2.75) is 38.3 Å². The highest BCUT2D eigenvalue weighted by molar-refractivity contribution is 5.85. The number of nitrogens with one attached hydrogen (secondary N) is 1. The van der Waals surface area contributed by atoms with Gasteiger partial charge in [0, 0.05) is 12.1 Å². The zero-order valence-corrected chi connectivity index (χ0v) is 8.32. The third kappa shape index (κ3) is 3.41. The minimum Gasteiger partial charge on any atom is -0.469 e. The lowest BCUT2D eigenvalue weighted by Crippen LogP contribution is -2.29. The Hall–Kier alpha value is -0.280. The van der Waals surface area contributed by atoms with E-state index >= 15 is 0 Å². The molecule has 12 heavy (non-hydrogen) atoms. The van der Waals surface area contributed by atoms with Crippen molar-refractivity contribution in [3.8, 4) is 0 Å². The Morgan fingerprint density at radius 3 is 2.67 bits per heavy atom. The van der Waals surface area contributed by atoms with Gasteiger partial charge in [0.15, 0.2) is 0 Å². The molecule has 0 aromatic carbocycles. The van der Waals surface area contributed by atoms with Crippen LogP contribution < -0.4 is 5.32 Å². The molecule has 72 valence electrons. The normalized spacial score (nSPS) is 27.8. The summed E-state index contributed by atoms with van der Waals surface area (Å²) in [6, 6.07) is 0.905. The van der Waals surface area contributed by atoms with Gasteiger partial charge in [0.05, 0.1) is 13.5 Å². The second-order valence-corrected chi connectivity index (χ2v) is 3.12. The smallest absolute Gasteiger partial charge is 0.307 e. The van der Waals surface area contributed by atoms with Crippen molar-refractivity contribution in [1.29, 1.82) is 0 Å². The van der Waals surface area contributed by atoms with Gasteiger partial charge in [-0.25, -0.2) is 0 Å². The van der Waals surface area contributed by atoms with Crippen LogP contribution in [0.15, 0.2) is 0 Å². The largest absolute Gasteiger partial charge is 0.469 e. The molecule has 1 fully saturated rings. The molecule has 4 heteroatoms. The van der Waals surface area contributed by atoms with E-state index in [4.69, 9.17) is 0 Å². The maximum absolute atomic E-state index is 10.8.